The molecule has 1 rings (SSSR count). The van der Waals surface area contributed by atoms with E-state index in [2.05, 4.69) is 4.74 Å². The molecule has 0 bridgehead atoms. The Morgan fingerprint density at radius 3 is 2.78 bits per heavy atom. The van der Waals surface area contributed by atoms with Gasteiger partial charge < -0.3 is 14.6 Å². The van der Waals surface area contributed by atoms with Crippen LogP contribution in [0.2, 0.25) is 0 Å². The molecule has 0 aliphatic carbocycles. The number of carbonyl (C=O) groups is 2. The topological polar surface area (TPSA) is 72.8 Å². The van der Waals surface area contributed by atoms with Gasteiger partial charge in [0, 0.05) is 0 Å². The van der Waals surface area contributed by atoms with Crippen molar-refractivity contribution in [3.05, 3.63) is 29.8 Å². The molecule has 18 heavy (non-hydrogen) atoms. The Morgan fingerprint density at radius 2 is 2.11 bits per heavy atom. The summed E-state index contributed by atoms with van der Waals surface area (Å²) in [5.74, 6) is -0.406. The molecular formula is C13H16O5. The molecule has 1 aromatic rings. The van der Waals surface area contributed by atoms with Crippen molar-refractivity contribution in [1.29, 1.82) is 0 Å². The van der Waals surface area contributed by atoms with E-state index in [1.807, 2.05) is 0 Å². The fourth-order valence-corrected chi connectivity index (χ4v) is 1.32. The van der Waals surface area contributed by atoms with E-state index < -0.39 is 5.97 Å². The Labute approximate surface area is 105 Å². The molecular weight excluding hydrogens is 236 g/mol. The second-order valence-electron chi connectivity index (χ2n) is 3.61. The molecule has 0 saturated carbocycles. The summed E-state index contributed by atoms with van der Waals surface area (Å²) in [4.78, 5) is 22.4. The highest BCUT2D eigenvalue weighted by Gasteiger charge is 2.10. The quantitative estimate of drug-likeness (QED) is 0.580. The van der Waals surface area contributed by atoms with Crippen LogP contribution in [0.4, 0.5) is 0 Å². The van der Waals surface area contributed by atoms with E-state index in [4.69, 9.17) is 9.84 Å². The molecule has 0 radical (unpaired) electrons. The molecule has 1 aromatic carbocycles. The Morgan fingerprint density at radius 1 is 1.33 bits per heavy atom. The maximum Gasteiger partial charge on any atom is 0.313 e. The fraction of sp³-hybridized carbons (Fsp3) is 0.385. The molecule has 98 valence electrons. The first-order valence-electron chi connectivity index (χ1n) is 5.65. The van der Waals surface area contributed by atoms with Crippen molar-refractivity contribution in [2.45, 2.75) is 20.0 Å². The van der Waals surface area contributed by atoms with E-state index in [-0.39, 0.29) is 32.0 Å². The number of esters is 1. The predicted molar refractivity (Wildman–Crippen MR) is 64.1 cm³/mol. The molecule has 0 atom stereocenters. The van der Waals surface area contributed by atoms with Crippen LogP contribution in [0.1, 0.15) is 18.9 Å². The Kier molecular flexibility index (Phi) is 5.87. The van der Waals surface area contributed by atoms with Gasteiger partial charge in [0.05, 0.1) is 13.2 Å². The van der Waals surface area contributed by atoms with E-state index in [1.165, 1.54) is 0 Å². The summed E-state index contributed by atoms with van der Waals surface area (Å²) >= 11 is 0. The van der Waals surface area contributed by atoms with Crippen LogP contribution in [-0.4, -0.2) is 30.1 Å². The minimum absolute atomic E-state index is 0.0893. The van der Waals surface area contributed by atoms with Gasteiger partial charge in [0.25, 0.3) is 0 Å². The van der Waals surface area contributed by atoms with Gasteiger partial charge in [-0.15, -0.1) is 0 Å². The van der Waals surface area contributed by atoms with E-state index >= 15 is 0 Å². The van der Waals surface area contributed by atoms with Crippen LogP contribution in [0.5, 0.6) is 5.75 Å². The highest BCUT2D eigenvalue weighted by molar-refractivity contribution is 5.96. The maximum atomic E-state index is 11.4. The number of benzene rings is 1. The summed E-state index contributed by atoms with van der Waals surface area (Å²) in [6, 6.07) is 6.78. The third kappa shape index (κ3) is 4.97. The monoisotopic (exact) mass is 252 g/mol. The van der Waals surface area contributed by atoms with Gasteiger partial charge in [-0.3, -0.25) is 9.59 Å². The molecule has 0 saturated heterocycles. The molecule has 0 aliphatic heterocycles. The summed E-state index contributed by atoms with van der Waals surface area (Å²) in [5, 5.41) is 8.93. The zero-order chi connectivity index (χ0) is 13.4. The minimum atomic E-state index is -0.546. The number of aliphatic hydroxyl groups excluding tert-OH is 1. The number of rotatable bonds is 7. The molecule has 5 nitrogen and oxygen atoms in total. The number of hydrogen-bond donors (Lipinski definition) is 1. The number of ether oxygens (including phenoxy) is 2. The Hall–Kier alpha value is -1.88. The smallest absolute Gasteiger partial charge is 0.313 e. The first kappa shape index (κ1) is 14.2. The number of aliphatic hydroxyl groups is 1. The first-order chi connectivity index (χ1) is 8.65. The van der Waals surface area contributed by atoms with Gasteiger partial charge in [-0.1, -0.05) is 12.1 Å². The normalized spacial score (nSPS) is 9.89. The van der Waals surface area contributed by atoms with E-state index in [1.54, 1.807) is 31.2 Å². The van der Waals surface area contributed by atoms with Crippen molar-refractivity contribution < 1.29 is 24.2 Å². The van der Waals surface area contributed by atoms with E-state index in [0.29, 0.717) is 11.3 Å². The minimum Gasteiger partial charge on any atom is -0.486 e. The van der Waals surface area contributed by atoms with Gasteiger partial charge in [0.1, 0.15) is 18.8 Å². The highest BCUT2D eigenvalue weighted by atomic mass is 16.5. The Balaban J connectivity index is 2.40. The zero-order valence-electron chi connectivity index (χ0n) is 10.2. The lowest BCUT2D eigenvalue weighted by atomic mass is 10.2. The fourth-order valence-electron chi connectivity index (χ4n) is 1.32. The second kappa shape index (κ2) is 7.45. The van der Waals surface area contributed by atoms with E-state index in [9.17, 15) is 9.59 Å². The van der Waals surface area contributed by atoms with Gasteiger partial charge in [-0.2, -0.15) is 0 Å². The van der Waals surface area contributed by atoms with Crippen molar-refractivity contribution >= 4 is 11.8 Å². The van der Waals surface area contributed by atoms with Crippen LogP contribution in [0.15, 0.2) is 24.3 Å². The average Bonchev–Trinajstić information content (AvgIpc) is 2.37. The van der Waals surface area contributed by atoms with Crippen molar-refractivity contribution in [1.82, 2.24) is 0 Å². The summed E-state index contributed by atoms with van der Waals surface area (Å²) in [6.07, 6.45) is -0.284. The Bertz CT molecular complexity index is 414. The van der Waals surface area contributed by atoms with Gasteiger partial charge in [-0.25, -0.2) is 0 Å². The lowest BCUT2D eigenvalue weighted by Crippen LogP contribution is -2.17. The summed E-state index contributed by atoms with van der Waals surface area (Å²) in [7, 11) is 0. The summed E-state index contributed by atoms with van der Waals surface area (Å²) < 4.78 is 9.87. The lowest BCUT2D eigenvalue weighted by Gasteiger charge is -2.06. The van der Waals surface area contributed by atoms with Gasteiger partial charge in [-0.05, 0) is 24.6 Å². The number of ketones is 1. The van der Waals surface area contributed by atoms with Crippen molar-refractivity contribution in [3.63, 3.8) is 0 Å². The largest absolute Gasteiger partial charge is 0.486 e. The van der Waals surface area contributed by atoms with Gasteiger partial charge in [0.15, 0.2) is 5.78 Å². The molecule has 1 N–H and O–H groups in total. The van der Waals surface area contributed by atoms with Crippen LogP contribution in [0.25, 0.3) is 0 Å². The number of Topliss-reactive ketones (excluding diaryl/α,β-unsaturated/α-hetero) is 1. The van der Waals surface area contributed by atoms with Gasteiger partial charge in [0.2, 0.25) is 0 Å². The molecule has 0 amide bonds. The first-order valence-corrected chi connectivity index (χ1v) is 5.65. The summed E-state index contributed by atoms with van der Waals surface area (Å²) in [5.41, 5.74) is 0.699. The van der Waals surface area contributed by atoms with Crippen molar-refractivity contribution in [3.8, 4) is 5.75 Å². The maximum absolute atomic E-state index is 11.4. The van der Waals surface area contributed by atoms with Crippen LogP contribution in [-0.2, 0) is 20.9 Å². The predicted octanol–water partition coefficient (Wildman–Crippen LogP) is 1.08. The van der Waals surface area contributed by atoms with Crippen LogP contribution in [0.3, 0.4) is 0 Å². The average molecular weight is 252 g/mol. The number of hydrogen-bond acceptors (Lipinski definition) is 5. The molecule has 0 unspecified atom stereocenters. The molecule has 0 spiro atoms. The standard InChI is InChI=1S/C13H16O5/c1-2-17-13(16)7-11(15)9-18-12-5-3-4-10(6-12)8-14/h3-6,14H,2,7-9H2,1H3. The third-order valence-electron chi connectivity index (χ3n) is 2.13. The van der Waals surface area contributed by atoms with Crippen molar-refractivity contribution in [2.24, 2.45) is 0 Å². The van der Waals surface area contributed by atoms with Crippen molar-refractivity contribution in [2.75, 3.05) is 13.2 Å². The van der Waals surface area contributed by atoms with E-state index in [0.717, 1.165) is 0 Å². The molecule has 0 aliphatic rings. The lowest BCUT2D eigenvalue weighted by molar-refractivity contribution is -0.145. The molecule has 0 aromatic heterocycles. The highest BCUT2D eigenvalue weighted by Crippen LogP contribution is 2.13. The van der Waals surface area contributed by atoms with Crippen LogP contribution >= 0.6 is 0 Å². The molecule has 0 heterocycles. The van der Waals surface area contributed by atoms with Gasteiger partial charge >= 0.3 is 5.97 Å². The second-order valence-corrected chi connectivity index (χ2v) is 3.61. The number of carbonyl (C=O) groups excluding carboxylic acids is 2. The molecule has 5 heteroatoms. The zero-order valence-corrected chi connectivity index (χ0v) is 10.2. The molecule has 0 fully saturated rings. The third-order valence-corrected chi connectivity index (χ3v) is 2.13. The summed E-state index contributed by atoms with van der Waals surface area (Å²) in [6.45, 7) is 1.66. The van der Waals surface area contributed by atoms with Crippen LogP contribution in [0, 0.1) is 0 Å². The van der Waals surface area contributed by atoms with Crippen LogP contribution < -0.4 is 4.74 Å². The SMILES string of the molecule is CCOC(=O)CC(=O)COc1cccc(CO)c1.